The normalized spacial score (nSPS) is 8.98. The third-order valence-electron chi connectivity index (χ3n) is 5.44. The molecule has 0 fully saturated rings. The van der Waals surface area contributed by atoms with Crippen molar-refractivity contribution in [3.05, 3.63) is 119 Å². The number of carbonyl (C=O) groups excluding carboxylic acids is 1. The van der Waals surface area contributed by atoms with E-state index in [9.17, 15) is 19.2 Å². The van der Waals surface area contributed by atoms with E-state index in [1.807, 2.05) is 76.2 Å². The minimum Gasteiger partial charge on any atom is -0.497 e. The van der Waals surface area contributed by atoms with Gasteiger partial charge in [-0.15, -0.1) is 0 Å². The van der Waals surface area contributed by atoms with Gasteiger partial charge in [0.25, 0.3) is 0 Å². The molecule has 0 aliphatic heterocycles. The highest BCUT2D eigenvalue weighted by Gasteiger charge is 2.14. The summed E-state index contributed by atoms with van der Waals surface area (Å²) < 4.78 is 10.2. The highest BCUT2D eigenvalue weighted by atomic mass is 16.5. The van der Waals surface area contributed by atoms with Crippen molar-refractivity contribution in [3.8, 4) is 22.6 Å². The van der Waals surface area contributed by atoms with Crippen LogP contribution in [0.5, 0.6) is 11.5 Å². The first kappa shape index (κ1) is 38.6. The fourth-order valence-electron chi connectivity index (χ4n) is 3.40. The maximum Gasteiger partial charge on any atom is 0.336 e. The molecule has 4 aromatic rings. The SMILES string of the molecule is CC.CC.CC(=O)c1ccccc1C(=O)O.COc1ccc(-c2ccc(OC)cc2)cc1.O=C(O)c1ccccc1C(=O)O. The largest absolute Gasteiger partial charge is 0.497 e. The smallest absolute Gasteiger partial charge is 0.336 e. The molecule has 3 N–H and O–H groups in total. The molecule has 0 heterocycles. The molecule has 0 spiro atoms. The Kier molecular flexibility index (Phi) is 18.7. The fraction of sp³-hybridized carbons (Fsp3) is 0.200. The van der Waals surface area contributed by atoms with Gasteiger partial charge in [-0.3, -0.25) is 4.79 Å². The lowest BCUT2D eigenvalue weighted by molar-refractivity contribution is 0.0651. The average Bonchev–Trinajstić information content (AvgIpc) is 3.07. The average molecular weight is 605 g/mol. The summed E-state index contributed by atoms with van der Waals surface area (Å²) in [5, 5.41) is 25.8. The number of rotatable bonds is 7. The standard InChI is InChI=1S/C14H14O2.C9H8O3.C8H6O4.2C2H6/c1-15-13-7-3-11(4-8-13)12-5-9-14(16-2)10-6-12;1-6(10)7-4-2-3-5-8(7)9(11)12;9-7(10)5-3-1-2-4-6(5)8(11)12;2*1-2/h3-10H,1-2H3;2-5H,1H3,(H,11,12);1-4H,(H,9,10)(H,11,12);2*1-2H3. The fourth-order valence-corrected chi connectivity index (χ4v) is 3.40. The van der Waals surface area contributed by atoms with Crippen LogP contribution in [0.4, 0.5) is 0 Å². The Hall–Kier alpha value is -5.44. The van der Waals surface area contributed by atoms with E-state index in [1.54, 1.807) is 26.4 Å². The van der Waals surface area contributed by atoms with Crippen LogP contribution in [-0.2, 0) is 0 Å². The molecule has 9 nitrogen and oxygen atoms in total. The van der Waals surface area contributed by atoms with Crippen LogP contribution in [0.3, 0.4) is 0 Å². The molecular weight excluding hydrogens is 564 g/mol. The van der Waals surface area contributed by atoms with Gasteiger partial charge in [-0.1, -0.05) is 82.3 Å². The molecule has 4 rings (SSSR count). The van der Waals surface area contributed by atoms with Gasteiger partial charge in [0, 0.05) is 5.56 Å². The Morgan fingerprint density at radius 1 is 0.455 bits per heavy atom. The van der Waals surface area contributed by atoms with Crippen LogP contribution in [0.25, 0.3) is 11.1 Å². The van der Waals surface area contributed by atoms with E-state index in [1.165, 1.54) is 54.4 Å². The van der Waals surface area contributed by atoms with Crippen molar-refractivity contribution in [2.75, 3.05) is 14.2 Å². The van der Waals surface area contributed by atoms with Gasteiger partial charge in [0.15, 0.2) is 5.78 Å². The maximum atomic E-state index is 10.9. The molecule has 44 heavy (non-hydrogen) atoms. The Morgan fingerprint density at radius 3 is 0.909 bits per heavy atom. The quantitative estimate of drug-likeness (QED) is 0.178. The van der Waals surface area contributed by atoms with Crippen LogP contribution in [0.1, 0.15) is 76.1 Å². The first-order valence-electron chi connectivity index (χ1n) is 13.8. The van der Waals surface area contributed by atoms with Gasteiger partial charge in [0.05, 0.1) is 30.9 Å². The van der Waals surface area contributed by atoms with Crippen LogP contribution >= 0.6 is 0 Å². The zero-order chi connectivity index (χ0) is 33.7. The molecule has 0 atom stereocenters. The van der Waals surface area contributed by atoms with Crippen LogP contribution in [0, 0.1) is 0 Å². The molecule has 0 aliphatic carbocycles. The van der Waals surface area contributed by atoms with Crippen molar-refractivity contribution < 1.29 is 44.0 Å². The third kappa shape index (κ3) is 12.6. The number of Topliss-reactive ketones (excluding diaryl/α,β-unsaturated/α-hetero) is 1. The minimum absolute atomic E-state index is 0.0602. The van der Waals surface area contributed by atoms with Gasteiger partial charge in [0.2, 0.25) is 0 Å². The number of hydrogen-bond donors (Lipinski definition) is 3. The van der Waals surface area contributed by atoms with E-state index < -0.39 is 17.9 Å². The highest BCUT2D eigenvalue weighted by Crippen LogP contribution is 2.24. The number of carbonyl (C=O) groups is 4. The molecule has 0 radical (unpaired) electrons. The molecular formula is C35H40O9. The number of methoxy groups -OCH3 is 2. The van der Waals surface area contributed by atoms with Crippen LogP contribution in [0.15, 0.2) is 97.1 Å². The van der Waals surface area contributed by atoms with Gasteiger partial charge in [-0.25, -0.2) is 14.4 Å². The van der Waals surface area contributed by atoms with E-state index in [2.05, 4.69) is 0 Å². The number of ether oxygens (including phenoxy) is 2. The third-order valence-corrected chi connectivity index (χ3v) is 5.44. The molecule has 0 unspecified atom stereocenters. The second-order valence-corrected chi connectivity index (χ2v) is 8.02. The van der Waals surface area contributed by atoms with Gasteiger partial charge in [-0.2, -0.15) is 0 Å². The molecule has 9 heteroatoms. The molecule has 0 amide bonds. The summed E-state index contributed by atoms with van der Waals surface area (Å²) in [6.07, 6.45) is 0. The lowest BCUT2D eigenvalue weighted by atomic mass is 10.1. The van der Waals surface area contributed by atoms with Crippen molar-refractivity contribution >= 4 is 23.7 Å². The van der Waals surface area contributed by atoms with Crippen molar-refractivity contribution in [2.24, 2.45) is 0 Å². The molecule has 234 valence electrons. The molecule has 0 aliphatic rings. The molecule has 0 aromatic heterocycles. The Bertz CT molecular complexity index is 1280. The summed E-state index contributed by atoms with van der Waals surface area (Å²) in [5.41, 5.74) is 2.27. The lowest BCUT2D eigenvalue weighted by Gasteiger charge is -2.05. The summed E-state index contributed by atoms with van der Waals surface area (Å²) in [6.45, 7) is 9.35. The topological polar surface area (TPSA) is 147 Å². The molecule has 0 saturated carbocycles. The number of aromatic carboxylic acids is 3. The Morgan fingerprint density at radius 2 is 0.705 bits per heavy atom. The van der Waals surface area contributed by atoms with E-state index in [-0.39, 0.29) is 28.0 Å². The maximum absolute atomic E-state index is 10.9. The van der Waals surface area contributed by atoms with Crippen molar-refractivity contribution in [3.63, 3.8) is 0 Å². The second-order valence-electron chi connectivity index (χ2n) is 8.02. The van der Waals surface area contributed by atoms with Crippen molar-refractivity contribution in [1.82, 2.24) is 0 Å². The molecule has 0 bridgehead atoms. The summed E-state index contributed by atoms with van der Waals surface area (Å²) in [6, 6.07) is 27.6. The van der Waals surface area contributed by atoms with Crippen molar-refractivity contribution in [1.29, 1.82) is 0 Å². The highest BCUT2D eigenvalue weighted by molar-refractivity contribution is 6.04. The zero-order valence-corrected chi connectivity index (χ0v) is 26.0. The molecule has 0 saturated heterocycles. The van der Waals surface area contributed by atoms with E-state index in [0.717, 1.165) is 11.5 Å². The van der Waals surface area contributed by atoms with Gasteiger partial charge in [-0.05, 0) is 60.5 Å². The van der Waals surface area contributed by atoms with Gasteiger partial charge >= 0.3 is 17.9 Å². The summed E-state index contributed by atoms with van der Waals surface area (Å²) in [7, 11) is 3.34. The van der Waals surface area contributed by atoms with Crippen LogP contribution in [-0.4, -0.2) is 53.2 Å². The lowest BCUT2D eigenvalue weighted by Crippen LogP contribution is -2.06. The summed E-state index contributed by atoms with van der Waals surface area (Å²) >= 11 is 0. The van der Waals surface area contributed by atoms with E-state index in [4.69, 9.17) is 24.8 Å². The first-order valence-corrected chi connectivity index (χ1v) is 13.8. The molecule has 4 aromatic carbocycles. The number of carboxylic acids is 3. The Labute approximate surface area is 258 Å². The number of benzene rings is 4. The van der Waals surface area contributed by atoms with Crippen molar-refractivity contribution in [2.45, 2.75) is 34.6 Å². The number of ketones is 1. The van der Waals surface area contributed by atoms with Gasteiger partial charge in [0.1, 0.15) is 11.5 Å². The monoisotopic (exact) mass is 604 g/mol. The van der Waals surface area contributed by atoms with Crippen LogP contribution < -0.4 is 9.47 Å². The summed E-state index contributed by atoms with van der Waals surface area (Å²) in [4.78, 5) is 42.4. The minimum atomic E-state index is -1.23. The van der Waals surface area contributed by atoms with Gasteiger partial charge < -0.3 is 24.8 Å². The van der Waals surface area contributed by atoms with Crippen LogP contribution in [0.2, 0.25) is 0 Å². The second kappa shape index (κ2) is 21.3. The number of hydrogen-bond acceptors (Lipinski definition) is 6. The predicted octanol–water partition coefficient (Wildman–Crippen LogP) is 8.09. The predicted molar refractivity (Wildman–Crippen MR) is 171 cm³/mol. The number of carboxylic acid groups (broad SMARTS) is 3. The van der Waals surface area contributed by atoms with E-state index >= 15 is 0 Å². The van der Waals surface area contributed by atoms with E-state index in [0.29, 0.717) is 0 Å². The zero-order valence-electron chi connectivity index (χ0n) is 26.0. The summed E-state index contributed by atoms with van der Waals surface area (Å²) in [5.74, 6) is -2.01. The Balaban J connectivity index is 0.000000604. The first-order chi connectivity index (χ1) is 21.1.